The minimum Gasteiger partial charge on any atom is -0.361 e. The third kappa shape index (κ3) is 3.07. The summed E-state index contributed by atoms with van der Waals surface area (Å²) in [7, 11) is 0. The first-order valence-corrected chi connectivity index (χ1v) is 7.10. The van der Waals surface area contributed by atoms with E-state index < -0.39 is 10.8 Å². The van der Waals surface area contributed by atoms with Gasteiger partial charge in [-0.05, 0) is 6.07 Å². The van der Waals surface area contributed by atoms with Crippen molar-refractivity contribution in [2.75, 3.05) is 0 Å². The van der Waals surface area contributed by atoms with Gasteiger partial charge in [0.25, 0.3) is 11.6 Å². The van der Waals surface area contributed by atoms with E-state index >= 15 is 0 Å². The highest BCUT2D eigenvalue weighted by Crippen LogP contribution is 2.17. The molecule has 0 bridgehead atoms. The number of nitrogens with zero attached hydrogens (tertiary/aromatic N) is 5. The van der Waals surface area contributed by atoms with E-state index in [-0.39, 0.29) is 28.5 Å². The lowest BCUT2D eigenvalue weighted by Gasteiger charge is -2.03. The van der Waals surface area contributed by atoms with E-state index in [1.807, 2.05) is 6.07 Å². The maximum Gasteiger partial charge on any atom is 0.387 e. The zero-order valence-corrected chi connectivity index (χ0v) is 12.7. The summed E-state index contributed by atoms with van der Waals surface area (Å²) in [5, 5.41) is 21.1. The Kier molecular flexibility index (Phi) is 4.23. The third-order valence-electron chi connectivity index (χ3n) is 3.42. The molecule has 0 radical (unpaired) electrons. The predicted molar refractivity (Wildman–Crippen MR) is 89.6 cm³/mol. The summed E-state index contributed by atoms with van der Waals surface area (Å²) in [6.45, 7) is 0. The molecule has 0 spiro atoms. The summed E-state index contributed by atoms with van der Waals surface area (Å²) in [5.74, 6) is -0.846. The van der Waals surface area contributed by atoms with E-state index in [0.717, 1.165) is 0 Å². The van der Waals surface area contributed by atoms with Crippen LogP contribution in [0.3, 0.4) is 0 Å². The highest BCUT2D eigenvalue weighted by molar-refractivity contribution is 6.71. The van der Waals surface area contributed by atoms with Gasteiger partial charge >= 0.3 is 5.71 Å². The van der Waals surface area contributed by atoms with Gasteiger partial charge in [-0.25, -0.2) is 0 Å². The predicted octanol–water partition coefficient (Wildman–Crippen LogP) is 1.81. The molecule has 122 valence electrons. The molecule has 0 aliphatic carbocycles. The van der Waals surface area contributed by atoms with Crippen molar-refractivity contribution >= 4 is 28.9 Å². The molecule has 1 aliphatic rings. The fourth-order valence-corrected chi connectivity index (χ4v) is 2.28. The van der Waals surface area contributed by atoms with Crippen LogP contribution < -0.4 is 5.32 Å². The van der Waals surface area contributed by atoms with Crippen LogP contribution in [-0.4, -0.2) is 32.9 Å². The molecular weight excluding hydrogens is 324 g/mol. The monoisotopic (exact) mass is 334 g/mol. The van der Waals surface area contributed by atoms with Gasteiger partial charge in [0.15, 0.2) is 5.71 Å². The van der Waals surface area contributed by atoms with Crippen molar-refractivity contribution in [3.63, 3.8) is 0 Å². The molecule has 1 amide bonds. The third-order valence-corrected chi connectivity index (χ3v) is 3.42. The average Bonchev–Trinajstić information content (AvgIpc) is 3.04. The normalized spacial score (nSPS) is 12.9. The van der Waals surface area contributed by atoms with Crippen LogP contribution in [0.25, 0.3) is 5.53 Å². The van der Waals surface area contributed by atoms with Gasteiger partial charge in [0.05, 0.1) is 4.92 Å². The van der Waals surface area contributed by atoms with E-state index in [1.165, 1.54) is 24.3 Å². The summed E-state index contributed by atoms with van der Waals surface area (Å²) in [5.41, 5.74) is 9.68. The molecule has 9 heteroatoms. The van der Waals surface area contributed by atoms with Crippen molar-refractivity contribution in [3.05, 3.63) is 81.4 Å². The van der Waals surface area contributed by atoms with Crippen LogP contribution in [-0.2, 0) is 0 Å². The number of nitro benzene ring substituents is 1. The maximum atomic E-state index is 12.3. The second-order valence-corrected chi connectivity index (χ2v) is 4.94. The number of hydrogen-bond donors (Lipinski definition) is 1. The van der Waals surface area contributed by atoms with Gasteiger partial charge < -0.3 is 5.53 Å². The molecule has 0 saturated heterocycles. The molecule has 1 aliphatic heterocycles. The van der Waals surface area contributed by atoms with Crippen molar-refractivity contribution in [2.24, 2.45) is 10.2 Å². The summed E-state index contributed by atoms with van der Waals surface area (Å²) in [4.78, 5) is 25.9. The van der Waals surface area contributed by atoms with E-state index in [0.29, 0.717) is 5.56 Å². The second kappa shape index (κ2) is 6.65. The first-order valence-electron chi connectivity index (χ1n) is 7.10. The first-order chi connectivity index (χ1) is 12.1. The van der Waals surface area contributed by atoms with Crippen LogP contribution in [0.15, 0.2) is 64.8 Å². The Hall–Kier alpha value is -3.97. The molecule has 0 atom stereocenters. The highest BCUT2D eigenvalue weighted by Gasteiger charge is 2.33. The Morgan fingerprint density at radius 1 is 1.08 bits per heavy atom. The van der Waals surface area contributed by atoms with E-state index in [9.17, 15) is 20.4 Å². The standard InChI is InChI=1S/C16H10N6O3/c17-19-14-13(10-6-2-1-3-7-10)20-21-15(14)18-16(23)11-8-4-5-9-12(11)22(24)25/h1-9H,(H,18,21,23). The Morgan fingerprint density at radius 3 is 2.44 bits per heavy atom. The molecule has 1 N–H and O–H groups in total. The number of amides is 1. The van der Waals surface area contributed by atoms with Crippen LogP contribution >= 0.6 is 0 Å². The Labute approximate surface area is 141 Å². The van der Waals surface area contributed by atoms with Crippen molar-refractivity contribution in [1.29, 1.82) is 0 Å². The van der Waals surface area contributed by atoms with Crippen LogP contribution in [0.5, 0.6) is 0 Å². The lowest BCUT2D eigenvalue weighted by atomic mass is 10.1. The second-order valence-electron chi connectivity index (χ2n) is 4.94. The van der Waals surface area contributed by atoms with Gasteiger partial charge in [-0.3, -0.25) is 20.2 Å². The molecule has 9 nitrogen and oxygen atoms in total. The molecular formula is C16H10N6O3. The lowest BCUT2D eigenvalue weighted by Crippen LogP contribution is -2.38. The zero-order chi connectivity index (χ0) is 17.8. The summed E-state index contributed by atoms with van der Waals surface area (Å²) in [6, 6.07) is 14.3. The molecule has 0 fully saturated rings. The number of nitro groups is 1. The van der Waals surface area contributed by atoms with E-state index in [1.54, 1.807) is 24.3 Å². The summed E-state index contributed by atoms with van der Waals surface area (Å²) < 4.78 is 0. The van der Waals surface area contributed by atoms with Crippen LogP contribution in [0, 0.1) is 10.1 Å². The van der Waals surface area contributed by atoms with E-state index in [2.05, 4.69) is 20.3 Å². The van der Waals surface area contributed by atoms with Gasteiger partial charge in [-0.1, -0.05) is 42.5 Å². The number of rotatable bonds is 3. The smallest absolute Gasteiger partial charge is 0.361 e. The van der Waals surface area contributed by atoms with Gasteiger partial charge in [-0.2, -0.15) is 4.79 Å². The number of benzene rings is 2. The van der Waals surface area contributed by atoms with Crippen LogP contribution in [0.1, 0.15) is 15.9 Å². The molecule has 0 saturated carbocycles. The van der Waals surface area contributed by atoms with Gasteiger partial charge in [-0.15, -0.1) is 10.2 Å². The van der Waals surface area contributed by atoms with Crippen molar-refractivity contribution in [2.45, 2.75) is 0 Å². The van der Waals surface area contributed by atoms with E-state index in [4.69, 9.17) is 0 Å². The summed E-state index contributed by atoms with van der Waals surface area (Å²) >= 11 is 0. The Balaban J connectivity index is 1.85. The number of para-hydroxylation sites is 1. The first kappa shape index (κ1) is 15.9. The molecule has 3 rings (SSSR count). The minimum absolute atomic E-state index is 0.0295. The number of carbonyl (C=O) groups is 1. The Bertz CT molecular complexity index is 974. The summed E-state index contributed by atoms with van der Waals surface area (Å²) in [6.07, 6.45) is 0. The zero-order valence-electron chi connectivity index (χ0n) is 12.7. The molecule has 0 unspecified atom stereocenters. The number of amidine groups is 1. The van der Waals surface area contributed by atoms with Gasteiger partial charge in [0.1, 0.15) is 5.56 Å². The van der Waals surface area contributed by atoms with Crippen LogP contribution in [0.4, 0.5) is 5.69 Å². The van der Waals surface area contributed by atoms with Crippen molar-refractivity contribution in [3.8, 4) is 0 Å². The number of hydrogen-bond acceptors (Lipinski definition) is 5. The molecule has 0 aromatic heterocycles. The molecule has 1 heterocycles. The largest absolute Gasteiger partial charge is 0.387 e. The fourth-order valence-electron chi connectivity index (χ4n) is 2.28. The maximum absolute atomic E-state index is 12.3. The topological polar surface area (TPSA) is 133 Å². The quantitative estimate of drug-likeness (QED) is 0.397. The molecule has 25 heavy (non-hydrogen) atoms. The average molecular weight is 334 g/mol. The SMILES string of the molecule is [N-]=[N+]=C1C(NC(=O)c2ccccc2[N+](=O)[O-])=NN=C1c1ccccc1. The van der Waals surface area contributed by atoms with Crippen molar-refractivity contribution in [1.82, 2.24) is 5.32 Å². The lowest BCUT2D eigenvalue weighted by molar-refractivity contribution is -0.385. The van der Waals surface area contributed by atoms with Gasteiger partial charge in [0.2, 0.25) is 5.84 Å². The minimum atomic E-state index is -0.753. The van der Waals surface area contributed by atoms with Crippen LogP contribution in [0.2, 0.25) is 0 Å². The number of carbonyl (C=O) groups excluding carboxylic acids is 1. The Morgan fingerprint density at radius 2 is 1.76 bits per heavy atom. The fraction of sp³-hybridized carbons (Fsp3) is 0. The van der Waals surface area contributed by atoms with Gasteiger partial charge in [0, 0.05) is 11.6 Å². The number of nitrogens with one attached hydrogen (secondary N) is 1. The molecule has 2 aromatic rings. The highest BCUT2D eigenvalue weighted by atomic mass is 16.6. The van der Waals surface area contributed by atoms with Crippen molar-refractivity contribution < 1.29 is 14.5 Å². The molecule has 2 aromatic carbocycles.